The molecule has 0 unspecified atom stereocenters. The molecule has 0 spiro atoms. The average Bonchev–Trinajstić information content (AvgIpc) is 2.99. The highest BCUT2D eigenvalue weighted by Crippen LogP contribution is 2.26. The number of carbonyl (C=O) groups is 2. The van der Waals surface area contributed by atoms with Crippen molar-refractivity contribution >= 4 is 27.5 Å². The number of hydrogen-bond donors (Lipinski definition) is 1. The minimum atomic E-state index is -4.29. The highest BCUT2D eigenvalue weighted by atomic mass is 32.2. The molecule has 42 heavy (non-hydrogen) atoms. The van der Waals surface area contributed by atoms with Crippen LogP contribution < -0.4 is 19.1 Å². The molecule has 0 aliphatic rings. The molecule has 0 saturated heterocycles. The molecule has 0 bridgehead atoms. The van der Waals surface area contributed by atoms with Gasteiger partial charge in [0.25, 0.3) is 10.0 Å². The summed E-state index contributed by atoms with van der Waals surface area (Å²) in [5.41, 5.74) is 0.827. The molecule has 1 atom stereocenters. The van der Waals surface area contributed by atoms with Crippen LogP contribution in [0.25, 0.3) is 0 Å². The zero-order chi connectivity index (χ0) is 30.9. The average molecular weight is 600 g/mol. The summed E-state index contributed by atoms with van der Waals surface area (Å²) >= 11 is 0. The number of benzene rings is 3. The molecule has 3 aromatic carbocycles. The molecule has 226 valence electrons. The molecular formula is C31H38FN3O6S. The Morgan fingerprint density at radius 2 is 1.43 bits per heavy atom. The van der Waals surface area contributed by atoms with Crippen molar-refractivity contribution in [1.82, 2.24) is 10.2 Å². The van der Waals surface area contributed by atoms with E-state index >= 15 is 0 Å². The van der Waals surface area contributed by atoms with Crippen LogP contribution in [0.1, 0.15) is 32.8 Å². The van der Waals surface area contributed by atoms with E-state index in [1.54, 1.807) is 38.3 Å². The first-order valence-corrected chi connectivity index (χ1v) is 15.1. The molecule has 3 aromatic rings. The summed E-state index contributed by atoms with van der Waals surface area (Å²) < 4.78 is 52.9. The number of hydrogen-bond acceptors (Lipinski definition) is 6. The van der Waals surface area contributed by atoms with Crippen molar-refractivity contribution < 1.29 is 31.9 Å². The maximum atomic E-state index is 14.1. The molecule has 11 heteroatoms. The fraction of sp³-hybridized carbons (Fsp3) is 0.355. The van der Waals surface area contributed by atoms with Gasteiger partial charge in [-0.25, -0.2) is 12.8 Å². The zero-order valence-electron chi connectivity index (χ0n) is 24.5. The largest absolute Gasteiger partial charge is 0.497 e. The first kappa shape index (κ1) is 32.4. The van der Waals surface area contributed by atoms with Crippen LogP contribution in [0.5, 0.6) is 11.5 Å². The number of carbonyl (C=O) groups excluding carboxylic acids is 2. The standard InChI is InChI=1S/C31H38FN3O6S/c1-6-29(31(37)33-19-22(2)3)34(20-23-7-13-26(40-4)14-8-23)30(36)21-35(25-11-9-24(32)10-12-25)42(38,39)28-17-15-27(41-5)16-18-28/h7-18,22,29H,6,19-21H2,1-5H3,(H,33,37)/t29-/m1/s1. The lowest BCUT2D eigenvalue weighted by Crippen LogP contribution is -2.52. The summed E-state index contributed by atoms with van der Waals surface area (Å²) in [6.07, 6.45) is 0.299. The normalized spacial score (nSPS) is 12.0. The second kappa shape index (κ2) is 14.7. The fourth-order valence-electron chi connectivity index (χ4n) is 4.28. The fourth-order valence-corrected chi connectivity index (χ4v) is 5.69. The van der Waals surface area contributed by atoms with Crippen molar-refractivity contribution in [3.05, 3.63) is 84.2 Å². The Morgan fingerprint density at radius 1 is 0.881 bits per heavy atom. The Hall–Kier alpha value is -4.12. The van der Waals surface area contributed by atoms with Crippen LogP contribution in [-0.2, 0) is 26.2 Å². The van der Waals surface area contributed by atoms with Crippen molar-refractivity contribution in [2.45, 2.75) is 44.7 Å². The van der Waals surface area contributed by atoms with Crippen LogP contribution in [0.15, 0.2) is 77.7 Å². The number of ether oxygens (including phenoxy) is 2. The molecule has 0 aliphatic carbocycles. The summed E-state index contributed by atoms with van der Waals surface area (Å²) in [5.74, 6) is -0.200. The third-order valence-electron chi connectivity index (χ3n) is 6.62. The van der Waals surface area contributed by atoms with Gasteiger partial charge in [0.2, 0.25) is 11.8 Å². The number of nitrogens with zero attached hydrogens (tertiary/aromatic N) is 2. The Bertz CT molecular complexity index is 1430. The van der Waals surface area contributed by atoms with Gasteiger partial charge in [-0.3, -0.25) is 13.9 Å². The van der Waals surface area contributed by atoms with Crippen LogP contribution >= 0.6 is 0 Å². The predicted octanol–water partition coefficient (Wildman–Crippen LogP) is 4.62. The topological polar surface area (TPSA) is 105 Å². The van der Waals surface area contributed by atoms with Gasteiger partial charge in [0.05, 0.1) is 24.8 Å². The van der Waals surface area contributed by atoms with Crippen LogP contribution in [-0.4, -0.2) is 58.5 Å². The first-order chi connectivity index (χ1) is 20.0. The van der Waals surface area contributed by atoms with Gasteiger partial charge < -0.3 is 19.7 Å². The molecule has 1 N–H and O–H groups in total. The number of amides is 2. The smallest absolute Gasteiger partial charge is 0.264 e. The minimum absolute atomic E-state index is 0.0519. The van der Waals surface area contributed by atoms with E-state index in [9.17, 15) is 22.4 Å². The number of rotatable bonds is 14. The third kappa shape index (κ3) is 8.22. The second-order valence-electron chi connectivity index (χ2n) is 10.1. The van der Waals surface area contributed by atoms with Gasteiger partial charge in [0.15, 0.2) is 0 Å². The molecular weight excluding hydrogens is 561 g/mol. The van der Waals surface area contributed by atoms with Gasteiger partial charge in [-0.2, -0.15) is 0 Å². The minimum Gasteiger partial charge on any atom is -0.497 e. The lowest BCUT2D eigenvalue weighted by Gasteiger charge is -2.33. The van der Waals surface area contributed by atoms with Gasteiger partial charge >= 0.3 is 0 Å². The molecule has 0 aliphatic heterocycles. The van der Waals surface area contributed by atoms with E-state index in [1.165, 1.54) is 48.4 Å². The third-order valence-corrected chi connectivity index (χ3v) is 8.41. The van der Waals surface area contributed by atoms with E-state index in [2.05, 4.69) is 5.32 Å². The van der Waals surface area contributed by atoms with Crippen molar-refractivity contribution in [2.24, 2.45) is 5.92 Å². The second-order valence-corrected chi connectivity index (χ2v) is 12.0. The van der Waals surface area contributed by atoms with Crippen LogP contribution in [0, 0.1) is 11.7 Å². The highest BCUT2D eigenvalue weighted by molar-refractivity contribution is 7.92. The quantitative estimate of drug-likeness (QED) is 0.290. The van der Waals surface area contributed by atoms with Crippen LogP contribution in [0.2, 0.25) is 0 Å². The molecule has 0 fully saturated rings. The molecule has 2 amide bonds. The first-order valence-electron chi connectivity index (χ1n) is 13.6. The number of anilines is 1. The maximum absolute atomic E-state index is 14.1. The molecule has 0 aromatic heterocycles. The van der Waals surface area contributed by atoms with E-state index in [1.807, 2.05) is 13.8 Å². The van der Waals surface area contributed by atoms with Gasteiger partial charge in [-0.15, -0.1) is 0 Å². The summed E-state index contributed by atoms with van der Waals surface area (Å²) in [6.45, 7) is 5.58. The van der Waals surface area contributed by atoms with Gasteiger partial charge in [0.1, 0.15) is 29.9 Å². The number of halogens is 1. The summed E-state index contributed by atoms with van der Waals surface area (Å²) in [7, 11) is -1.28. The lowest BCUT2D eigenvalue weighted by atomic mass is 10.1. The highest BCUT2D eigenvalue weighted by Gasteiger charge is 2.33. The van der Waals surface area contributed by atoms with E-state index in [0.717, 1.165) is 22.0 Å². The maximum Gasteiger partial charge on any atom is 0.264 e. The molecule has 0 saturated carbocycles. The van der Waals surface area contributed by atoms with Crippen molar-refractivity contribution in [2.75, 3.05) is 31.6 Å². The Morgan fingerprint density at radius 3 is 1.93 bits per heavy atom. The van der Waals surface area contributed by atoms with Crippen molar-refractivity contribution in [1.29, 1.82) is 0 Å². The van der Waals surface area contributed by atoms with E-state index in [4.69, 9.17) is 9.47 Å². The summed E-state index contributed by atoms with van der Waals surface area (Å²) in [4.78, 5) is 28.6. The van der Waals surface area contributed by atoms with Crippen molar-refractivity contribution in [3.8, 4) is 11.5 Å². The molecule has 0 radical (unpaired) electrons. The van der Waals surface area contributed by atoms with Crippen LogP contribution in [0.4, 0.5) is 10.1 Å². The van der Waals surface area contributed by atoms with Gasteiger partial charge in [-0.05, 0) is 78.6 Å². The van der Waals surface area contributed by atoms with Gasteiger partial charge in [0, 0.05) is 13.1 Å². The van der Waals surface area contributed by atoms with E-state index in [-0.39, 0.29) is 29.0 Å². The zero-order valence-corrected chi connectivity index (χ0v) is 25.4. The van der Waals surface area contributed by atoms with E-state index < -0.39 is 34.3 Å². The Balaban J connectivity index is 2.04. The Kier molecular flexibility index (Phi) is 11.3. The number of methoxy groups -OCH3 is 2. The monoisotopic (exact) mass is 599 g/mol. The molecule has 3 rings (SSSR count). The van der Waals surface area contributed by atoms with Crippen LogP contribution in [0.3, 0.4) is 0 Å². The Labute approximate surface area is 247 Å². The lowest BCUT2D eigenvalue weighted by molar-refractivity contribution is -0.140. The van der Waals surface area contributed by atoms with Gasteiger partial charge in [-0.1, -0.05) is 32.9 Å². The summed E-state index contributed by atoms with van der Waals surface area (Å²) in [6, 6.07) is 16.8. The van der Waals surface area contributed by atoms with Crippen molar-refractivity contribution in [3.63, 3.8) is 0 Å². The SMILES string of the molecule is CC[C@H](C(=O)NCC(C)C)N(Cc1ccc(OC)cc1)C(=O)CN(c1ccc(F)cc1)S(=O)(=O)c1ccc(OC)cc1. The van der Waals surface area contributed by atoms with E-state index in [0.29, 0.717) is 24.5 Å². The molecule has 9 nitrogen and oxygen atoms in total. The molecule has 0 heterocycles. The number of sulfonamides is 1. The summed E-state index contributed by atoms with van der Waals surface area (Å²) in [5, 5.41) is 2.89. The predicted molar refractivity (Wildman–Crippen MR) is 159 cm³/mol. The number of nitrogens with one attached hydrogen (secondary N) is 1.